The van der Waals surface area contributed by atoms with Gasteiger partial charge in [0.15, 0.2) is 0 Å². The van der Waals surface area contributed by atoms with Crippen molar-refractivity contribution >= 4 is 0 Å². The first-order valence-electron chi connectivity index (χ1n) is 7.82. The lowest BCUT2D eigenvalue weighted by Crippen LogP contribution is -2.23. The number of ether oxygens (including phenoxy) is 1. The fourth-order valence-corrected chi connectivity index (χ4v) is 3.01. The first kappa shape index (κ1) is 14.2. The first-order chi connectivity index (χ1) is 10.3. The predicted molar refractivity (Wildman–Crippen MR) is 86.9 cm³/mol. The lowest BCUT2D eigenvalue weighted by Gasteiger charge is -2.30. The van der Waals surface area contributed by atoms with Crippen LogP contribution in [0, 0.1) is 0 Å². The highest BCUT2D eigenvalue weighted by atomic mass is 16.5. The van der Waals surface area contributed by atoms with Crippen LogP contribution in [-0.2, 0) is 6.42 Å². The van der Waals surface area contributed by atoms with Crippen LogP contribution in [0.2, 0.25) is 0 Å². The van der Waals surface area contributed by atoms with E-state index in [1.54, 1.807) is 0 Å². The van der Waals surface area contributed by atoms with Crippen LogP contribution in [0.5, 0.6) is 5.75 Å². The van der Waals surface area contributed by atoms with Crippen molar-refractivity contribution in [2.24, 2.45) is 0 Å². The van der Waals surface area contributed by atoms with Crippen molar-refractivity contribution in [3.8, 4) is 5.75 Å². The second-order valence-electron chi connectivity index (χ2n) is 5.76. The Hall–Kier alpha value is -1.80. The summed E-state index contributed by atoms with van der Waals surface area (Å²) in [6.45, 7) is 6.07. The smallest absolute Gasteiger partial charge is 0.119 e. The molecule has 0 aliphatic heterocycles. The third-order valence-corrected chi connectivity index (χ3v) is 4.28. The fraction of sp³-hybridized carbons (Fsp3) is 0.368. The summed E-state index contributed by atoms with van der Waals surface area (Å²) < 4.78 is 6.01. The molecular weight excluding hydrogens is 258 g/mol. The molecule has 3 rings (SSSR count). The molecule has 0 amide bonds. The van der Waals surface area contributed by atoms with Crippen LogP contribution < -0.4 is 10.1 Å². The van der Waals surface area contributed by atoms with E-state index in [1.165, 1.54) is 16.7 Å². The second-order valence-corrected chi connectivity index (χ2v) is 5.76. The average molecular weight is 281 g/mol. The summed E-state index contributed by atoms with van der Waals surface area (Å²) >= 11 is 0. The van der Waals surface area contributed by atoms with Gasteiger partial charge in [0.1, 0.15) is 5.75 Å². The van der Waals surface area contributed by atoms with E-state index in [2.05, 4.69) is 61.6 Å². The molecule has 0 bridgehead atoms. The zero-order valence-corrected chi connectivity index (χ0v) is 12.8. The van der Waals surface area contributed by atoms with Gasteiger partial charge in [0.25, 0.3) is 0 Å². The summed E-state index contributed by atoms with van der Waals surface area (Å²) in [5, 5.41) is 3.43. The van der Waals surface area contributed by atoms with E-state index in [-0.39, 0.29) is 0 Å². The van der Waals surface area contributed by atoms with Crippen molar-refractivity contribution in [1.29, 1.82) is 0 Å². The highest BCUT2D eigenvalue weighted by Gasteiger charge is 2.25. The van der Waals surface area contributed by atoms with Gasteiger partial charge in [-0.05, 0) is 48.7 Å². The third kappa shape index (κ3) is 3.11. The monoisotopic (exact) mass is 281 g/mol. The van der Waals surface area contributed by atoms with Crippen LogP contribution in [-0.4, -0.2) is 13.2 Å². The molecule has 0 saturated carbocycles. The van der Waals surface area contributed by atoms with Gasteiger partial charge in [0.2, 0.25) is 0 Å². The van der Waals surface area contributed by atoms with Gasteiger partial charge in [0, 0.05) is 12.0 Å². The summed E-state index contributed by atoms with van der Waals surface area (Å²) in [5.41, 5.74) is 4.21. The second kappa shape index (κ2) is 6.31. The van der Waals surface area contributed by atoms with E-state index in [9.17, 15) is 0 Å². The highest BCUT2D eigenvalue weighted by molar-refractivity contribution is 5.40. The molecule has 0 saturated heterocycles. The molecule has 2 nitrogen and oxygen atoms in total. The van der Waals surface area contributed by atoms with Crippen molar-refractivity contribution in [2.75, 3.05) is 13.2 Å². The summed E-state index contributed by atoms with van der Waals surface area (Å²) in [6, 6.07) is 17.5. The Morgan fingerprint density at radius 1 is 1.19 bits per heavy atom. The number of fused-ring (bicyclic) bond motifs is 1. The minimum Gasteiger partial charge on any atom is -0.493 e. The zero-order valence-electron chi connectivity index (χ0n) is 12.8. The van der Waals surface area contributed by atoms with Crippen molar-refractivity contribution in [1.82, 2.24) is 5.32 Å². The molecular formula is C19H23NO. The van der Waals surface area contributed by atoms with E-state index in [0.29, 0.717) is 12.0 Å². The number of hydrogen-bond acceptors (Lipinski definition) is 2. The molecule has 1 aliphatic rings. The maximum atomic E-state index is 6.01. The molecule has 0 aromatic heterocycles. The fourth-order valence-electron chi connectivity index (χ4n) is 3.01. The maximum Gasteiger partial charge on any atom is 0.119 e. The summed E-state index contributed by atoms with van der Waals surface area (Å²) in [5.74, 6) is 1.53. The zero-order chi connectivity index (χ0) is 14.7. The first-order valence-corrected chi connectivity index (χ1v) is 7.82. The van der Waals surface area contributed by atoms with Gasteiger partial charge < -0.3 is 10.1 Å². The van der Waals surface area contributed by atoms with Crippen LogP contribution in [0.4, 0.5) is 0 Å². The lowest BCUT2D eigenvalue weighted by atomic mass is 9.78. The molecule has 2 aromatic rings. The van der Waals surface area contributed by atoms with Crippen molar-refractivity contribution < 1.29 is 4.74 Å². The molecule has 1 N–H and O–H groups in total. The minimum atomic E-state index is 0.364. The molecule has 2 aromatic carbocycles. The average Bonchev–Trinajstić information content (AvgIpc) is 2.49. The number of hydrogen-bond donors (Lipinski definition) is 1. The van der Waals surface area contributed by atoms with E-state index in [1.807, 2.05) is 6.07 Å². The van der Waals surface area contributed by atoms with Gasteiger partial charge >= 0.3 is 0 Å². The molecule has 1 aliphatic carbocycles. The maximum absolute atomic E-state index is 6.01. The van der Waals surface area contributed by atoms with Gasteiger partial charge in [-0.15, -0.1) is 0 Å². The van der Waals surface area contributed by atoms with E-state index in [4.69, 9.17) is 4.74 Å². The standard InChI is InChI=1S/C19H23NO/c1-3-20-14(2)15-8-6-9-18(12-15)21-13-17-11-16-7-4-5-10-19(16)17/h4-10,12,14,17,20H,3,11,13H2,1-2H3. The van der Waals surface area contributed by atoms with E-state index in [0.717, 1.165) is 25.3 Å². The van der Waals surface area contributed by atoms with Crippen LogP contribution in [0.1, 0.15) is 42.5 Å². The van der Waals surface area contributed by atoms with Gasteiger partial charge in [-0.25, -0.2) is 0 Å². The Balaban J connectivity index is 1.60. The summed E-state index contributed by atoms with van der Waals surface area (Å²) in [6.07, 6.45) is 1.14. The molecule has 0 fully saturated rings. The molecule has 21 heavy (non-hydrogen) atoms. The number of nitrogens with one attached hydrogen (secondary N) is 1. The molecule has 0 heterocycles. The predicted octanol–water partition coefficient (Wildman–Crippen LogP) is 4.08. The lowest BCUT2D eigenvalue weighted by molar-refractivity contribution is 0.275. The van der Waals surface area contributed by atoms with Gasteiger partial charge in [-0.3, -0.25) is 0 Å². The van der Waals surface area contributed by atoms with Crippen molar-refractivity contribution in [3.05, 3.63) is 65.2 Å². The largest absolute Gasteiger partial charge is 0.493 e. The van der Waals surface area contributed by atoms with Gasteiger partial charge in [-0.2, -0.15) is 0 Å². The molecule has 2 heteroatoms. The van der Waals surface area contributed by atoms with Crippen LogP contribution in [0.15, 0.2) is 48.5 Å². The Morgan fingerprint density at radius 3 is 2.86 bits per heavy atom. The number of benzene rings is 2. The highest BCUT2D eigenvalue weighted by Crippen LogP contribution is 2.35. The molecule has 0 radical (unpaired) electrons. The Bertz CT molecular complexity index is 608. The van der Waals surface area contributed by atoms with Crippen LogP contribution >= 0.6 is 0 Å². The number of rotatable bonds is 6. The quantitative estimate of drug-likeness (QED) is 0.861. The Morgan fingerprint density at radius 2 is 2.05 bits per heavy atom. The Kier molecular flexibility index (Phi) is 4.26. The molecule has 0 spiro atoms. The molecule has 2 atom stereocenters. The third-order valence-electron chi connectivity index (χ3n) is 4.28. The van der Waals surface area contributed by atoms with Crippen molar-refractivity contribution in [3.63, 3.8) is 0 Å². The summed E-state index contributed by atoms with van der Waals surface area (Å²) in [7, 11) is 0. The normalized spacial score (nSPS) is 17.7. The Labute approximate surface area is 127 Å². The van der Waals surface area contributed by atoms with E-state index >= 15 is 0 Å². The van der Waals surface area contributed by atoms with Crippen molar-refractivity contribution in [2.45, 2.75) is 32.2 Å². The molecule has 2 unspecified atom stereocenters. The van der Waals surface area contributed by atoms with Gasteiger partial charge in [0.05, 0.1) is 6.61 Å². The van der Waals surface area contributed by atoms with Gasteiger partial charge in [-0.1, -0.05) is 43.3 Å². The minimum absolute atomic E-state index is 0.364. The van der Waals surface area contributed by atoms with Crippen LogP contribution in [0.3, 0.4) is 0 Å². The summed E-state index contributed by atoms with van der Waals surface area (Å²) in [4.78, 5) is 0. The molecule has 110 valence electrons. The SMILES string of the molecule is CCNC(C)c1cccc(OCC2Cc3ccccc32)c1. The van der Waals surface area contributed by atoms with Crippen LogP contribution in [0.25, 0.3) is 0 Å². The van der Waals surface area contributed by atoms with E-state index < -0.39 is 0 Å². The topological polar surface area (TPSA) is 21.3 Å².